The van der Waals surface area contributed by atoms with Gasteiger partial charge in [-0.15, -0.1) is 0 Å². The van der Waals surface area contributed by atoms with E-state index in [-0.39, 0.29) is 5.91 Å². The Balaban J connectivity index is 1.83. The first-order chi connectivity index (χ1) is 9.16. The number of aryl methyl sites for hydroxylation is 2. The van der Waals surface area contributed by atoms with Crippen molar-refractivity contribution in [3.05, 3.63) is 35.4 Å². The Morgan fingerprint density at radius 2 is 2.32 bits per heavy atom. The maximum Gasteiger partial charge on any atom is 0.222 e. The van der Waals surface area contributed by atoms with E-state index in [0.29, 0.717) is 12.5 Å². The molecule has 1 aliphatic heterocycles. The lowest BCUT2D eigenvalue weighted by Gasteiger charge is -2.31. The van der Waals surface area contributed by atoms with Gasteiger partial charge < -0.3 is 10.2 Å². The summed E-state index contributed by atoms with van der Waals surface area (Å²) in [6, 6.07) is 8.78. The summed E-state index contributed by atoms with van der Waals surface area (Å²) in [6.07, 6.45) is 3.74. The largest absolute Gasteiger partial charge is 0.341 e. The quantitative estimate of drug-likeness (QED) is 0.899. The summed E-state index contributed by atoms with van der Waals surface area (Å²) in [6.45, 7) is 4.11. The van der Waals surface area contributed by atoms with E-state index in [1.807, 2.05) is 11.9 Å². The van der Waals surface area contributed by atoms with Crippen molar-refractivity contribution in [1.29, 1.82) is 0 Å². The van der Waals surface area contributed by atoms with Crippen molar-refractivity contribution in [3.8, 4) is 0 Å². The minimum Gasteiger partial charge on any atom is -0.341 e. The van der Waals surface area contributed by atoms with Crippen LogP contribution in [-0.4, -0.2) is 37.0 Å². The summed E-state index contributed by atoms with van der Waals surface area (Å²) in [4.78, 5) is 14.1. The highest BCUT2D eigenvalue weighted by Gasteiger charge is 2.21. The van der Waals surface area contributed by atoms with Crippen LogP contribution in [0.2, 0.25) is 0 Å². The Hall–Kier alpha value is -1.35. The van der Waals surface area contributed by atoms with Gasteiger partial charge in [0.25, 0.3) is 0 Å². The third kappa shape index (κ3) is 4.06. The van der Waals surface area contributed by atoms with Crippen LogP contribution in [0.4, 0.5) is 0 Å². The van der Waals surface area contributed by atoms with Crippen molar-refractivity contribution in [3.63, 3.8) is 0 Å². The molecule has 0 aromatic heterocycles. The molecule has 1 aromatic carbocycles. The van der Waals surface area contributed by atoms with Gasteiger partial charge in [0, 0.05) is 26.1 Å². The van der Waals surface area contributed by atoms with Gasteiger partial charge in [-0.25, -0.2) is 0 Å². The number of nitrogens with zero attached hydrogens (tertiary/aromatic N) is 1. The first kappa shape index (κ1) is 14.1. The first-order valence-corrected chi connectivity index (χ1v) is 7.19. The molecule has 1 unspecified atom stereocenters. The van der Waals surface area contributed by atoms with E-state index in [1.165, 1.54) is 17.5 Å². The highest BCUT2D eigenvalue weighted by atomic mass is 16.2. The molecule has 104 valence electrons. The molecule has 2 rings (SSSR count). The fraction of sp³-hybridized carbons (Fsp3) is 0.562. The second kappa shape index (κ2) is 6.71. The smallest absolute Gasteiger partial charge is 0.222 e. The molecule has 0 spiro atoms. The molecule has 3 heteroatoms. The van der Waals surface area contributed by atoms with E-state index in [4.69, 9.17) is 0 Å². The normalized spacial score (nSPS) is 19.2. The summed E-state index contributed by atoms with van der Waals surface area (Å²) in [5, 5.41) is 3.36. The molecule has 1 aromatic rings. The minimum absolute atomic E-state index is 0.259. The maximum absolute atomic E-state index is 12.2. The molecule has 1 aliphatic rings. The second-order valence-electron chi connectivity index (χ2n) is 5.49. The average molecular weight is 260 g/mol. The van der Waals surface area contributed by atoms with E-state index >= 15 is 0 Å². The summed E-state index contributed by atoms with van der Waals surface area (Å²) in [5.74, 6) is 0.259. The molecule has 1 saturated heterocycles. The van der Waals surface area contributed by atoms with E-state index in [9.17, 15) is 4.79 Å². The SMILES string of the molecule is Cc1cccc(CCC(=O)N(C)C2CCCNC2)c1. The predicted molar refractivity (Wildman–Crippen MR) is 78.2 cm³/mol. The van der Waals surface area contributed by atoms with Crippen LogP contribution in [-0.2, 0) is 11.2 Å². The van der Waals surface area contributed by atoms with Crippen molar-refractivity contribution >= 4 is 5.91 Å². The maximum atomic E-state index is 12.2. The number of nitrogens with one attached hydrogen (secondary N) is 1. The fourth-order valence-corrected chi connectivity index (χ4v) is 2.66. The molecular formula is C16H24N2O. The number of carbonyl (C=O) groups is 1. The standard InChI is InChI=1S/C16H24N2O/c1-13-5-3-6-14(11-13)8-9-16(19)18(2)15-7-4-10-17-12-15/h3,5-6,11,15,17H,4,7-10,12H2,1-2H3. The van der Waals surface area contributed by atoms with Crippen molar-refractivity contribution in [1.82, 2.24) is 10.2 Å². The van der Waals surface area contributed by atoms with Gasteiger partial charge >= 0.3 is 0 Å². The van der Waals surface area contributed by atoms with Crippen molar-refractivity contribution in [2.24, 2.45) is 0 Å². The topological polar surface area (TPSA) is 32.3 Å². The van der Waals surface area contributed by atoms with Gasteiger partial charge in [0.2, 0.25) is 5.91 Å². The van der Waals surface area contributed by atoms with E-state index in [1.54, 1.807) is 0 Å². The Morgan fingerprint density at radius 1 is 1.47 bits per heavy atom. The van der Waals surface area contributed by atoms with E-state index in [0.717, 1.165) is 25.9 Å². The third-order valence-corrected chi connectivity index (χ3v) is 3.92. The number of carbonyl (C=O) groups excluding carboxylic acids is 1. The van der Waals surface area contributed by atoms with Gasteiger partial charge in [0.1, 0.15) is 0 Å². The van der Waals surface area contributed by atoms with Crippen LogP contribution in [0.25, 0.3) is 0 Å². The summed E-state index contributed by atoms with van der Waals surface area (Å²) >= 11 is 0. The zero-order chi connectivity index (χ0) is 13.7. The molecule has 1 atom stereocenters. The number of hydrogen-bond acceptors (Lipinski definition) is 2. The van der Waals surface area contributed by atoms with Crippen LogP contribution in [0.15, 0.2) is 24.3 Å². The monoisotopic (exact) mass is 260 g/mol. The molecule has 1 heterocycles. The zero-order valence-corrected chi connectivity index (χ0v) is 12.0. The predicted octanol–water partition coefficient (Wildman–Crippen LogP) is 2.14. The highest BCUT2D eigenvalue weighted by molar-refractivity contribution is 5.76. The number of likely N-dealkylation sites (N-methyl/N-ethyl adjacent to an activating group) is 1. The second-order valence-corrected chi connectivity index (χ2v) is 5.49. The molecule has 3 nitrogen and oxygen atoms in total. The lowest BCUT2D eigenvalue weighted by molar-refractivity contribution is -0.132. The van der Waals surface area contributed by atoms with Crippen LogP contribution < -0.4 is 5.32 Å². The average Bonchev–Trinajstić information content (AvgIpc) is 2.45. The summed E-state index contributed by atoms with van der Waals surface area (Å²) in [7, 11) is 1.94. The lowest BCUT2D eigenvalue weighted by Crippen LogP contribution is -2.46. The van der Waals surface area contributed by atoms with Gasteiger partial charge in [0.05, 0.1) is 0 Å². The molecule has 19 heavy (non-hydrogen) atoms. The van der Waals surface area contributed by atoms with Crippen LogP contribution in [0, 0.1) is 6.92 Å². The fourth-order valence-electron chi connectivity index (χ4n) is 2.66. The Labute approximate surface area is 116 Å². The van der Waals surface area contributed by atoms with Crippen LogP contribution in [0.5, 0.6) is 0 Å². The number of amides is 1. The molecule has 0 saturated carbocycles. The van der Waals surface area contributed by atoms with Crippen molar-refractivity contribution in [2.45, 2.75) is 38.6 Å². The van der Waals surface area contributed by atoms with Gasteiger partial charge in [-0.1, -0.05) is 29.8 Å². The van der Waals surface area contributed by atoms with Gasteiger partial charge in [-0.05, 0) is 38.3 Å². The van der Waals surface area contributed by atoms with Crippen LogP contribution in [0.1, 0.15) is 30.4 Å². The van der Waals surface area contributed by atoms with Crippen LogP contribution in [0.3, 0.4) is 0 Å². The third-order valence-electron chi connectivity index (χ3n) is 3.92. The van der Waals surface area contributed by atoms with E-state index < -0.39 is 0 Å². The van der Waals surface area contributed by atoms with Crippen molar-refractivity contribution < 1.29 is 4.79 Å². The zero-order valence-electron chi connectivity index (χ0n) is 12.0. The van der Waals surface area contributed by atoms with Gasteiger partial charge in [-0.3, -0.25) is 4.79 Å². The molecule has 0 aliphatic carbocycles. The van der Waals surface area contributed by atoms with Crippen molar-refractivity contribution in [2.75, 3.05) is 20.1 Å². The minimum atomic E-state index is 0.259. The molecule has 1 N–H and O–H groups in total. The molecule has 1 amide bonds. The number of rotatable bonds is 4. The summed E-state index contributed by atoms with van der Waals surface area (Å²) in [5.41, 5.74) is 2.51. The molecule has 1 fully saturated rings. The number of hydrogen-bond donors (Lipinski definition) is 1. The first-order valence-electron chi connectivity index (χ1n) is 7.19. The van der Waals surface area contributed by atoms with Gasteiger partial charge in [0.15, 0.2) is 0 Å². The Morgan fingerprint density at radius 3 is 3.00 bits per heavy atom. The van der Waals surface area contributed by atoms with E-state index in [2.05, 4.69) is 36.5 Å². The highest BCUT2D eigenvalue weighted by Crippen LogP contribution is 2.12. The number of benzene rings is 1. The number of piperidine rings is 1. The van der Waals surface area contributed by atoms with Crippen LogP contribution >= 0.6 is 0 Å². The van der Waals surface area contributed by atoms with Gasteiger partial charge in [-0.2, -0.15) is 0 Å². The lowest BCUT2D eigenvalue weighted by atomic mass is 10.0. The molecule has 0 bridgehead atoms. The summed E-state index contributed by atoms with van der Waals surface area (Å²) < 4.78 is 0. The molecule has 0 radical (unpaired) electrons. The molecular weight excluding hydrogens is 236 g/mol. The Bertz CT molecular complexity index is 425. The Kier molecular flexibility index (Phi) is 4.97.